The van der Waals surface area contributed by atoms with Crippen LogP contribution in [0.3, 0.4) is 0 Å². The Morgan fingerprint density at radius 2 is 2.12 bits per heavy atom. The third kappa shape index (κ3) is 2.19. The van der Waals surface area contributed by atoms with E-state index in [4.69, 9.17) is 0 Å². The number of H-pyrrole nitrogens is 1. The molecule has 0 radical (unpaired) electrons. The Hall–Kier alpha value is -2.40. The Labute approximate surface area is 144 Å². The fourth-order valence-corrected chi connectivity index (χ4v) is 4.95. The quantitative estimate of drug-likeness (QED) is 0.584. The van der Waals surface area contributed by atoms with Crippen LogP contribution >= 0.6 is 11.3 Å². The number of rotatable bonds is 4. The number of hydrogen-bond acceptors (Lipinski definition) is 4. The van der Waals surface area contributed by atoms with Crippen molar-refractivity contribution in [2.24, 2.45) is 0 Å². The van der Waals surface area contributed by atoms with Gasteiger partial charge in [0.15, 0.2) is 0 Å². The van der Waals surface area contributed by atoms with Crippen molar-refractivity contribution < 1.29 is 0 Å². The number of fused-ring (bicyclic) bond motifs is 4. The molecule has 120 valence electrons. The lowest BCUT2D eigenvalue weighted by Gasteiger charge is -2.07. The molecule has 24 heavy (non-hydrogen) atoms. The zero-order valence-electron chi connectivity index (χ0n) is 13.3. The maximum absolute atomic E-state index is 4.51. The van der Waals surface area contributed by atoms with Crippen molar-refractivity contribution in [3.05, 3.63) is 52.8 Å². The summed E-state index contributed by atoms with van der Waals surface area (Å²) >= 11 is 1.84. The second-order valence-corrected chi connectivity index (χ2v) is 7.38. The first-order valence-corrected chi connectivity index (χ1v) is 9.26. The molecule has 0 saturated carbocycles. The van der Waals surface area contributed by atoms with Gasteiger partial charge in [-0.3, -0.25) is 0 Å². The van der Waals surface area contributed by atoms with Gasteiger partial charge in [-0.1, -0.05) is 18.2 Å². The Balaban J connectivity index is 1.40. The summed E-state index contributed by atoms with van der Waals surface area (Å²) in [7, 11) is 0. The van der Waals surface area contributed by atoms with Crippen LogP contribution in [0.25, 0.3) is 21.1 Å². The first-order chi connectivity index (χ1) is 11.9. The SMILES string of the molecule is c1ccc2c(CCNc3ncnc4sc5c(c34)CCC5)c[nH]c2c1. The first-order valence-electron chi connectivity index (χ1n) is 8.44. The summed E-state index contributed by atoms with van der Waals surface area (Å²) in [5, 5.41) is 6.12. The average Bonchev–Trinajstić information content (AvgIpc) is 3.29. The van der Waals surface area contributed by atoms with E-state index in [0.29, 0.717) is 0 Å². The van der Waals surface area contributed by atoms with Crippen LogP contribution in [0.5, 0.6) is 0 Å². The van der Waals surface area contributed by atoms with Gasteiger partial charge in [0.25, 0.3) is 0 Å². The molecule has 1 aliphatic rings. The van der Waals surface area contributed by atoms with E-state index in [9.17, 15) is 0 Å². The maximum atomic E-state index is 4.51. The minimum Gasteiger partial charge on any atom is -0.369 e. The van der Waals surface area contributed by atoms with Crippen LogP contribution in [-0.4, -0.2) is 21.5 Å². The number of hydrogen-bond donors (Lipinski definition) is 2. The van der Waals surface area contributed by atoms with Crippen molar-refractivity contribution in [2.45, 2.75) is 25.7 Å². The minimum atomic E-state index is 0.874. The Bertz CT molecular complexity index is 1030. The molecule has 0 spiro atoms. The molecule has 4 nitrogen and oxygen atoms in total. The molecule has 3 heterocycles. The summed E-state index contributed by atoms with van der Waals surface area (Å²) in [6.45, 7) is 0.874. The standard InChI is InChI=1S/C19H18N4S/c1-2-6-15-13(4-1)12(10-21-15)8-9-20-18-17-14-5-3-7-16(14)24-19(17)23-11-22-18/h1-2,4,6,10-11,21H,3,5,7-9H2,(H,20,22,23). The predicted molar refractivity (Wildman–Crippen MR) is 99.9 cm³/mol. The second kappa shape index (κ2) is 5.60. The lowest BCUT2D eigenvalue weighted by atomic mass is 10.1. The van der Waals surface area contributed by atoms with E-state index in [2.05, 4.69) is 50.7 Å². The molecule has 0 bridgehead atoms. The van der Waals surface area contributed by atoms with Crippen LogP contribution in [0.1, 0.15) is 22.4 Å². The van der Waals surface area contributed by atoms with Crippen LogP contribution in [0, 0.1) is 0 Å². The van der Waals surface area contributed by atoms with Gasteiger partial charge in [0.1, 0.15) is 17.0 Å². The van der Waals surface area contributed by atoms with Crippen molar-refractivity contribution in [3.63, 3.8) is 0 Å². The fraction of sp³-hybridized carbons (Fsp3) is 0.263. The number of nitrogens with one attached hydrogen (secondary N) is 2. The summed E-state index contributed by atoms with van der Waals surface area (Å²) in [6, 6.07) is 8.45. The molecule has 0 fully saturated rings. The van der Waals surface area contributed by atoms with Crippen molar-refractivity contribution in [1.82, 2.24) is 15.0 Å². The monoisotopic (exact) mass is 334 g/mol. The molecular formula is C19H18N4S. The Kier molecular flexibility index (Phi) is 3.26. The number of nitrogens with zero attached hydrogens (tertiary/aromatic N) is 2. The zero-order chi connectivity index (χ0) is 15.9. The number of anilines is 1. The number of thiophene rings is 1. The molecule has 0 unspecified atom stereocenters. The minimum absolute atomic E-state index is 0.874. The first kappa shape index (κ1) is 14.0. The highest BCUT2D eigenvalue weighted by Gasteiger charge is 2.20. The molecule has 2 N–H and O–H groups in total. The summed E-state index contributed by atoms with van der Waals surface area (Å²) in [4.78, 5) is 15.0. The van der Waals surface area contributed by atoms with Crippen molar-refractivity contribution in [3.8, 4) is 0 Å². The van der Waals surface area contributed by atoms with Crippen LogP contribution < -0.4 is 5.32 Å². The lowest BCUT2D eigenvalue weighted by Crippen LogP contribution is -2.07. The molecule has 0 aliphatic heterocycles. The van der Waals surface area contributed by atoms with Crippen molar-refractivity contribution >= 4 is 38.3 Å². The van der Waals surface area contributed by atoms with Crippen LogP contribution in [0.2, 0.25) is 0 Å². The summed E-state index contributed by atoms with van der Waals surface area (Å²) in [5.41, 5.74) is 4.02. The predicted octanol–water partition coefficient (Wildman–Crippen LogP) is 4.32. The van der Waals surface area contributed by atoms with Crippen molar-refractivity contribution in [2.75, 3.05) is 11.9 Å². The van der Waals surface area contributed by atoms with Gasteiger partial charge in [0.05, 0.1) is 5.39 Å². The number of aryl methyl sites for hydroxylation is 2. The van der Waals surface area contributed by atoms with Gasteiger partial charge in [0.2, 0.25) is 0 Å². The van der Waals surface area contributed by atoms with Gasteiger partial charge in [-0.15, -0.1) is 11.3 Å². The number of aromatic amines is 1. The maximum Gasteiger partial charge on any atom is 0.138 e. The van der Waals surface area contributed by atoms with Crippen LogP contribution in [0.4, 0.5) is 5.82 Å². The number of aromatic nitrogens is 3. The van der Waals surface area contributed by atoms with E-state index >= 15 is 0 Å². The van der Waals surface area contributed by atoms with Gasteiger partial charge in [0, 0.05) is 28.5 Å². The third-order valence-corrected chi connectivity index (χ3v) is 6.06. The normalized spacial score (nSPS) is 13.7. The Morgan fingerprint density at radius 3 is 3.12 bits per heavy atom. The average molecular weight is 334 g/mol. The lowest BCUT2D eigenvalue weighted by molar-refractivity contribution is 0.917. The largest absolute Gasteiger partial charge is 0.369 e. The molecule has 4 aromatic rings. The van der Waals surface area contributed by atoms with E-state index in [1.807, 2.05) is 11.3 Å². The summed E-state index contributed by atoms with van der Waals surface area (Å²) < 4.78 is 0. The molecule has 5 heteroatoms. The summed E-state index contributed by atoms with van der Waals surface area (Å²) in [6.07, 6.45) is 8.40. The van der Waals surface area contributed by atoms with Gasteiger partial charge < -0.3 is 10.3 Å². The van der Waals surface area contributed by atoms with Gasteiger partial charge in [-0.2, -0.15) is 0 Å². The van der Waals surface area contributed by atoms with Gasteiger partial charge in [-0.25, -0.2) is 9.97 Å². The highest BCUT2D eigenvalue weighted by atomic mass is 32.1. The number of benzene rings is 1. The fourth-order valence-electron chi connectivity index (χ4n) is 3.72. The van der Waals surface area contributed by atoms with E-state index in [-0.39, 0.29) is 0 Å². The van der Waals surface area contributed by atoms with E-state index in [1.165, 1.54) is 51.6 Å². The topological polar surface area (TPSA) is 53.6 Å². The molecule has 1 aromatic carbocycles. The van der Waals surface area contributed by atoms with E-state index < -0.39 is 0 Å². The molecular weight excluding hydrogens is 316 g/mol. The number of para-hydroxylation sites is 1. The smallest absolute Gasteiger partial charge is 0.138 e. The summed E-state index contributed by atoms with van der Waals surface area (Å²) in [5.74, 6) is 0.999. The third-order valence-electron chi connectivity index (χ3n) is 4.86. The highest BCUT2D eigenvalue weighted by Crippen LogP contribution is 2.38. The molecule has 0 atom stereocenters. The van der Waals surface area contributed by atoms with Crippen LogP contribution in [-0.2, 0) is 19.3 Å². The van der Waals surface area contributed by atoms with Crippen LogP contribution in [0.15, 0.2) is 36.8 Å². The molecule has 1 aliphatic carbocycles. The Morgan fingerprint density at radius 1 is 1.17 bits per heavy atom. The molecule has 3 aromatic heterocycles. The van der Waals surface area contributed by atoms with Gasteiger partial charge >= 0.3 is 0 Å². The zero-order valence-corrected chi connectivity index (χ0v) is 14.1. The molecule has 0 amide bonds. The molecule has 5 rings (SSSR count). The van der Waals surface area contributed by atoms with Crippen molar-refractivity contribution in [1.29, 1.82) is 0 Å². The van der Waals surface area contributed by atoms with E-state index in [1.54, 1.807) is 6.33 Å². The highest BCUT2D eigenvalue weighted by molar-refractivity contribution is 7.19. The van der Waals surface area contributed by atoms with Gasteiger partial charge in [-0.05, 0) is 42.9 Å². The van der Waals surface area contributed by atoms with E-state index in [0.717, 1.165) is 23.6 Å². The second-order valence-electron chi connectivity index (χ2n) is 6.30. The molecule has 0 saturated heterocycles.